The molecule has 1 aromatic carbocycles. The van der Waals surface area contributed by atoms with E-state index in [-0.39, 0.29) is 18.3 Å². The van der Waals surface area contributed by atoms with Gasteiger partial charge in [-0.3, -0.25) is 4.79 Å². The number of para-hydroxylation sites is 1. The summed E-state index contributed by atoms with van der Waals surface area (Å²) < 4.78 is 13.9. The Bertz CT molecular complexity index is 348. The third-order valence-corrected chi connectivity index (χ3v) is 2.54. The van der Waals surface area contributed by atoms with Gasteiger partial charge in [0.2, 0.25) is 5.91 Å². The van der Waals surface area contributed by atoms with Crippen LogP contribution >= 0.6 is 15.9 Å². The van der Waals surface area contributed by atoms with Crippen molar-refractivity contribution in [3.63, 3.8) is 0 Å². The Kier molecular flexibility index (Phi) is 4.08. The lowest BCUT2D eigenvalue weighted by Gasteiger charge is -2.13. The number of carbonyl (C=O) groups is 1. The highest BCUT2D eigenvalue weighted by Crippen LogP contribution is 2.24. The fraction of sp³-hybridized carbons (Fsp3) is 0.300. The summed E-state index contributed by atoms with van der Waals surface area (Å²) in [5.74, 6) is -0.485. The van der Waals surface area contributed by atoms with E-state index < -0.39 is 0 Å². The Hall–Kier alpha value is -1.10. The fourth-order valence-electron chi connectivity index (χ4n) is 0.989. The lowest BCUT2D eigenvalue weighted by molar-refractivity contribution is -0.126. The van der Waals surface area contributed by atoms with E-state index in [2.05, 4.69) is 21.2 Å². The van der Waals surface area contributed by atoms with Crippen molar-refractivity contribution in [3.8, 4) is 0 Å². The Balaban J connectivity index is 2.69. The fourth-order valence-corrected chi connectivity index (χ4v) is 1.47. The quantitative estimate of drug-likeness (QED) is 0.916. The lowest BCUT2D eigenvalue weighted by atomic mass is 10.3. The molecule has 0 atom stereocenters. The molecule has 1 amide bonds. The van der Waals surface area contributed by atoms with Gasteiger partial charge in [0.25, 0.3) is 0 Å². The predicted molar refractivity (Wildman–Crippen MR) is 61.3 cm³/mol. The summed E-state index contributed by atoms with van der Waals surface area (Å²) in [4.78, 5) is 12.7. The van der Waals surface area contributed by atoms with Crippen molar-refractivity contribution in [1.29, 1.82) is 0 Å². The zero-order chi connectivity index (χ0) is 11.4. The molecule has 0 fully saturated rings. The summed E-state index contributed by atoms with van der Waals surface area (Å²) in [7, 11) is 3.31. The molecule has 1 aromatic rings. The Morgan fingerprint density at radius 3 is 2.73 bits per heavy atom. The molecule has 0 saturated carbocycles. The van der Waals surface area contributed by atoms with Gasteiger partial charge in [-0.25, -0.2) is 4.39 Å². The van der Waals surface area contributed by atoms with Gasteiger partial charge in [0.05, 0.1) is 12.2 Å². The largest absolute Gasteiger partial charge is 0.373 e. The first-order chi connectivity index (χ1) is 7.02. The second-order valence-corrected chi connectivity index (χ2v) is 4.09. The van der Waals surface area contributed by atoms with Gasteiger partial charge < -0.3 is 10.2 Å². The van der Waals surface area contributed by atoms with Crippen LogP contribution in [0.15, 0.2) is 22.7 Å². The molecule has 1 N–H and O–H groups in total. The number of nitrogens with zero attached hydrogens (tertiary/aromatic N) is 1. The van der Waals surface area contributed by atoms with Gasteiger partial charge in [-0.1, -0.05) is 6.07 Å². The summed E-state index contributed by atoms with van der Waals surface area (Å²) in [6.45, 7) is 0.0759. The smallest absolute Gasteiger partial charge is 0.241 e. The molecule has 0 aliphatic carbocycles. The second-order valence-electron chi connectivity index (χ2n) is 3.24. The van der Waals surface area contributed by atoms with Crippen LogP contribution in [-0.2, 0) is 4.79 Å². The topological polar surface area (TPSA) is 32.3 Å². The number of carbonyl (C=O) groups excluding carboxylic acids is 1. The first kappa shape index (κ1) is 12.0. The van der Waals surface area contributed by atoms with E-state index in [0.717, 1.165) is 0 Å². The highest BCUT2D eigenvalue weighted by molar-refractivity contribution is 9.10. The van der Waals surface area contributed by atoms with E-state index in [0.29, 0.717) is 10.2 Å². The SMILES string of the molecule is CN(C)C(=O)CNc1c(F)cccc1Br. The van der Waals surface area contributed by atoms with Crippen LogP contribution in [0.2, 0.25) is 0 Å². The molecule has 0 aromatic heterocycles. The number of nitrogens with one attached hydrogen (secondary N) is 1. The number of benzene rings is 1. The number of halogens is 2. The summed E-state index contributed by atoms with van der Waals surface area (Å²) in [5, 5.41) is 2.75. The van der Waals surface area contributed by atoms with E-state index in [9.17, 15) is 9.18 Å². The maximum absolute atomic E-state index is 13.3. The minimum absolute atomic E-state index is 0.0759. The minimum atomic E-state index is -0.379. The van der Waals surface area contributed by atoms with Gasteiger partial charge >= 0.3 is 0 Å². The van der Waals surface area contributed by atoms with Crippen molar-refractivity contribution < 1.29 is 9.18 Å². The predicted octanol–water partition coefficient (Wildman–Crippen LogP) is 2.09. The lowest BCUT2D eigenvalue weighted by Crippen LogP contribution is -2.28. The van der Waals surface area contributed by atoms with Gasteiger partial charge in [-0.15, -0.1) is 0 Å². The Morgan fingerprint density at radius 1 is 1.53 bits per heavy atom. The van der Waals surface area contributed by atoms with Crippen LogP contribution in [0.25, 0.3) is 0 Å². The van der Waals surface area contributed by atoms with Crippen LogP contribution in [-0.4, -0.2) is 31.4 Å². The molecule has 0 unspecified atom stereocenters. The van der Waals surface area contributed by atoms with Crippen LogP contribution in [0, 0.1) is 5.82 Å². The Morgan fingerprint density at radius 2 is 2.20 bits per heavy atom. The molecule has 0 radical (unpaired) electrons. The summed E-state index contributed by atoms with van der Waals surface area (Å²) in [6.07, 6.45) is 0. The van der Waals surface area contributed by atoms with E-state index in [1.165, 1.54) is 11.0 Å². The maximum Gasteiger partial charge on any atom is 0.241 e. The number of amides is 1. The maximum atomic E-state index is 13.3. The third-order valence-electron chi connectivity index (χ3n) is 1.88. The molecular weight excluding hydrogens is 263 g/mol. The summed E-state index contributed by atoms with van der Waals surface area (Å²) in [6, 6.07) is 4.65. The van der Waals surface area contributed by atoms with Gasteiger partial charge in [0.15, 0.2) is 0 Å². The monoisotopic (exact) mass is 274 g/mol. The van der Waals surface area contributed by atoms with E-state index in [4.69, 9.17) is 0 Å². The number of likely N-dealkylation sites (N-methyl/N-ethyl adjacent to an activating group) is 1. The van der Waals surface area contributed by atoms with E-state index in [1.807, 2.05) is 0 Å². The van der Waals surface area contributed by atoms with Crippen molar-refractivity contribution in [2.45, 2.75) is 0 Å². The van der Waals surface area contributed by atoms with E-state index >= 15 is 0 Å². The molecule has 15 heavy (non-hydrogen) atoms. The van der Waals surface area contributed by atoms with Gasteiger partial charge in [0, 0.05) is 18.6 Å². The van der Waals surface area contributed by atoms with Crippen molar-refractivity contribution in [3.05, 3.63) is 28.5 Å². The highest BCUT2D eigenvalue weighted by atomic mass is 79.9. The van der Waals surface area contributed by atoms with Crippen LogP contribution < -0.4 is 5.32 Å². The average molecular weight is 275 g/mol. The second kappa shape index (κ2) is 5.11. The first-order valence-corrected chi connectivity index (χ1v) is 5.19. The molecule has 0 aliphatic rings. The molecule has 0 spiro atoms. The first-order valence-electron chi connectivity index (χ1n) is 4.40. The highest BCUT2D eigenvalue weighted by Gasteiger charge is 2.08. The molecule has 3 nitrogen and oxygen atoms in total. The molecule has 0 heterocycles. The Labute approximate surface area is 96.4 Å². The molecule has 1 rings (SSSR count). The molecule has 0 saturated heterocycles. The molecule has 0 bridgehead atoms. The molecule has 0 aliphatic heterocycles. The average Bonchev–Trinajstić information content (AvgIpc) is 2.16. The van der Waals surface area contributed by atoms with Crippen LogP contribution in [0.4, 0.5) is 10.1 Å². The van der Waals surface area contributed by atoms with Crippen molar-refractivity contribution >= 4 is 27.5 Å². The van der Waals surface area contributed by atoms with Crippen molar-refractivity contribution in [2.24, 2.45) is 0 Å². The third kappa shape index (κ3) is 3.20. The van der Waals surface area contributed by atoms with Crippen LogP contribution in [0.3, 0.4) is 0 Å². The minimum Gasteiger partial charge on any atom is -0.373 e. The molecule has 82 valence electrons. The van der Waals surface area contributed by atoms with Crippen LogP contribution in [0.1, 0.15) is 0 Å². The van der Waals surface area contributed by atoms with E-state index in [1.54, 1.807) is 26.2 Å². The van der Waals surface area contributed by atoms with Gasteiger partial charge in [-0.2, -0.15) is 0 Å². The number of hydrogen-bond acceptors (Lipinski definition) is 2. The number of rotatable bonds is 3. The summed E-state index contributed by atoms with van der Waals surface area (Å²) >= 11 is 3.21. The number of hydrogen-bond donors (Lipinski definition) is 1. The standard InChI is InChI=1S/C10H12BrFN2O/c1-14(2)9(15)6-13-10-7(11)4-3-5-8(10)12/h3-5,13H,6H2,1-2H3. The molecule has 5 heteroatoms. The van der Waals surface area contributed by atoms with Crippen molar-refractivity contribution in [1.82, 2.24) is 4.90 Å². The molecular formula is C10H12BrFN2O. The zero-order valence-electron chi connectivity index (χ0n) is 8.55. The van der Waals surface area contributed by atoms with Gasteiger partial charge in [-0.05, 0) is 28.1 Å². The van der Waals surface area contributed by atoms with Crippen molar-refractivity contribution in [2.75, 3.05) is 26.0 Å². The normalized spacial score (nSPS) is 9.87. The zero-order valence-corrected chi connectivity index (χ0v) is 10.1. The van der Waals surface area contributed by atoms with Crippen LogP contribution in [0.5, 0.6) is 0 Å². The van der Waals surface area contributed by atoms with Gasteiger partial charge in [0.1, 0.15) is 5.82 Å². The summed E-state index contributed by atoms with van der Waals surface area (Å²) in [5.41, 5.74) is 0.313. The number of anilines is 1.